The zero-order valence-corrected chi connectivity index (χ0v) is 20.7. The number of nitrogens with zero attached hydrogens (tertiary/aromatic N) is 6. The first-order chi connectivity index (χ1) is 14.1. The summed E-state index contributed by atoms with van der Waals surface area (Å²) in [5, 5.41) is 20.6. The molecule has 1 aliphatic heterocycles. The van der Waals surface area contributed by atoms with E-state index < -0.39 is 0 Å². The van der Waals surface area contributed by atoms with Gasteiger partial charge in [-0.1, -0.05) is 6.42 Å². The molecule has 2 aromatic rings. The standard InChI is InChI=1S/C21H34N8.HI/c1-15(2)29-14-16-8-9-17(13-18(16)27-29)24-21(22-3)23-11-10-20-26-25-19-7-5-4-6-12-28(19)20;/h14-15,17H,4-13H2,1-3H3,(H2,22,23,24);1H. The molecule has 0 radical (unpaired) electrons. The van der Waals surface area contributed by atoms with E-state index in [1.807, 2.05) is 7.05 Å². The van der Waals surface area contributed by atoms with Gasteiger partial charge in [-0.2, -0.15) is 5.10 Å². The fraction of sp³-hybridized carbons (Fsp3) is 0.714. The number of aliphatic imine (C=N–C) groups is 1. The third-order valence-electron chi connectivity index (χ3n) is 6.02. The molecule has 3 heterocycles. The van der Waals surface area contributed by atoms with Gasteiger partial charge in [-0.25, -0.2) is 0 Å². The van der Waals surface area contributed by atoms with Crippen LogP contribution in [0.25, 0.3) is 0 Å². The molecule has 30 heavy (non-hydrogen) atoms. The van der Waals surface area contributed by atoms with Gasteiger partial charge in [0.25, 0.3) is 0 Å². The summed E-state index contributed by atoms with van der Waals surface area (Å²) in [6.45, 7) is 6.21. The first-order valence-electron chi connectivity index (χ1n) is 11.1. The lowest BCUT2D eigenvalue weighted by Gasteiger charge is -2.24. The fourth-order valence-corrected chi connectivity index (χ4v) is 4.31. The summed E-state index contributed by atoms with van der Waals surface area (Å²) in [6.07, 6.45) is 11.0. The van der Waals surface area contributed by atoms with Crippen LogP contribution in [-0.2, 0) is 32.2 Å². The Balaban J connectivity index is 0.00000256. The Labute approximate surface area is 196 Å². The molecule has 166 valence electrons. The number of aromatic nitrogens is 5. The molecule has 0 spiro atoms. The van der Waals surface area contributed by atoms with Crippen molar-refractivity contribution in [3.63, 3.8) is 0 Å². The average Bonchev–Trinajstić information content (AvgIpc) is 3.23. The number of fused-ring (bicyclic) bond motifs is 2. The van der Waals surface area contributed by atoms with Gasteiger partial charge in [-0.15, -0.1) is 34.2 Å². The van der Waals surface area contributed by atoms with Crippen molar-refractivity contribution in [2.24, 2.45) is 4.99 Å². The van der Waals surface area contributed by atoms with E-state index in [0.29, 0.717) is 12.1 Å². The van der Waals surface area contributed by atoms with Crippen LogP contribution in [0, 0.1) is 0 Å². The molecular weight excluding hydrogens is 491 g/mol. The highest BCUT2D eigenvalue weighted by Gasteiger charge is 2.23. The summed E-state index contributed by atoms with van der Waals surface area (Å²) in [5.41, 5.74) is 2.62. The second-order valence-corrected chi connectivity index (χ2v) is 8.50. The molecule has 8 nitrogen and oxygen atoms in total. The van der Waals surface area contributed by atoms with E-state index in [2.05, 4.69) is 55.1 Å². The van der Waals surface area contributed by atoms with Gasteiger partial charge in [-0.3, -0.25) is 9.67 Å². The van der Waals surface area contributed by atoms with Crippen LogP contribution in [0.2, 0.25) is 0 Å². The second-order valence-electron chi connectivity index (χ2n) is 8.50. The van der Waals surface area contributed by atoms with Gasteiger partial charge in [0.05, 0.1) is 5.69 Å². The van der Waals surface area contributed by atoms with Crippen LogP contribution in [0.15, 0.2) is 11.2 Å². The van der Waals surface area contributed by atoms with Gasteiger partial charge in [0.15, 0.2) is 5.96 Å². The highest BCUT2D eigenvalue weighted by Crippen LogP contribution is 2.21. The minimum atomic E-state index is 0. The molecule has 1 atom stereocenters. The van der Waals surface area contributed by atoms with Crippen LogP contribution in [0.5, 0.6) is 0 Å². The van der Waals surface area contributed by atoms with Crippen LogP contribution in [0.1, 0.15) is 68.5 Å². The molecule has 0 bridgehead atoms. The maximum atomic E-state index is 4.78. The predicted molar refractivity (Wildman–Crippen MR) is 130 cm³/mol. The Hall–Kier alpha value is -1.65. The van der Waals surface area contributed by atoms with Crippen LogP contribution < -0.4 is 10.6 Å². The predicted octanol–water partition coefficient (Wildman–Crippen LogP) is 2.66. The van der Waals surface area contributed by atoms with Gasteiger partial charge < -0.3 is 15.2 Å². The molecule has 0 saturated heterocycles. The third-order valence-corrected chi connectivity index (χ3v) is 6.02. The molecule has 0 saturated carbocycles. The fourth-order valence-electron chi connectivity index (χ4n) is 4.31. The lowest BCUT2D eigenvalue weighted by molar-refractivity contribution is 0.499. The van der Waals surface area contributed by atoms with Crippen molar-refractivity contribution in [2.75, 3.05) is 13.6 Å². The van der Waals surface area contributed by atoms with E-state index in [1.165, 1.54) is 30.5 Å². The van der Waals surface area contributed by atoms with Gasteiger partial charge >= 0.3 is 0 Å². The summed E-state index contributed by atoms with van der Waals surface area (Å²) in [6, 6.07) is 0.780. The average molecular weight is 526 g/mol. The molecule has 1 aliphatic carbocycles. The number of halogens is 1. The minimum absolute atomic E-state index is 0. The Morgan fingerprint density at radius 1 is 1.23 bits per heavy atom. The SMILES string of the molecule is CN=C(NCCc1nnc2n1CCCCC2)NC1CCc2cn(C(C)C)nc2C1.I. The summed E-state index contributed by atoms with van der Waals surface area (Å²) in [4.78, 5) is 4.42. The molecule has 2 aliphatic rings. The normalized spacial score (nSPS) is 18.9. The van der Waals surface area contributed by atoms with E-state index in [1.54, 1.807) is 0 Å². The lowest BCUT2D eigenvalue weighted by atomic mass is 9.94. The summed E-state index contributed by atoms with van der Waals surface area (Å²) < 4.78 is 4.40. The molecule has 0 aromatic carbocycles. The number of nitrogens with one attached hydrogen (secondary N) is 2. The van der Waals surface area contributed by atoms with Crippen LogP contribution in [-0.4, -0.2) is 50.1 Å². The first kappa shape index (κ1) is 23.0. The molecule has 1 unspecified atom stereocenters. The van der Waals surface area contributed by atoms with Crippen molar-refractivity contribution in [2.45, 2.75) is 83.8 Å². The molecule has 0 fully saturated rings. The maximum absolute atomic E-state index is 4.78. The van der Waals surface area contributed by atoms with Gasteiger partial charge in [0, 0.05) is 57.7 Å². The van der Waals surface area contributed by atoms with Crippen molar-refractivity contribution in [3.05, 3.63) is 29.1 Å². The van der Waals surface area contributed by atoms with Crippen molar-refractivity contribution < 1.29 is 0 Å². The minimum Gasteiger partial charge on any atom is -0.356 e. The quantitative estimate of drug-likeness (QED) is 0.356. The number of rotatable bonds is 5. The zero-order chi connectivity index (χ0) is 20.2. The van der Waals surface area contributed by atoms with E-state index in [4.69, 9.17) is 5.10 Å². The summed E-state index contributed by atoms with van der Waals surface area (Å²) in [7, 11) is 1.83. The van der Waals surface area contributed by atoms with Gasteiger partial charge in [0.1, 0.15) is 11.6 Å². The van der Waals surface area contributed by atoms with E-state index in [0.717, 1.165) is 62.8 Å². The Kier molecular flexibility index (Phi) is 8.13. The van der Waals surface area contributed by atoms with E-state index in [-0.39, 0.29) is 24.0 Å². The smallest absolute Gasteiger partial charge is 0.191 e. The van der Waals surface area contributed by atoms with Crippen molar-refractivity contribution in [1.82, 2.24) is 35.2 Å². The largest absolute Gasteiger partial charge is 0.356 e. The van der Waals surface area contributed by atoms with Crippen LogP contribution in [0.3, 0.4) is 0 Å². The summed E-state index contributed by atoms with van der Waals surface area (Å²) >= 11 is 0. The topological polar surface area (TPSA) is 85.0 Å². The number of guanidine groups is 1. The number of aryl methyl sites for hydroxylation is 2. The van der Waals surface area contributed by atoms with Crippen molar-refractivity contribution >= 4 is 29.9 Å². The maximum Gasteiger partial charge on any atom is 0.191 e. The second kappa shape index (κ2) is 10.6. The number of hydrogen-bond donors (Lipinski definition) is 2. The Morgan fingerprint density at radius 3 is 2.90 bits per heavy atom. The number of hydrogen-bond acceptors (Lipinski definition) is 4. The molecule has 2 aromatic heterocycles. The highest BCUT2D eigenvalue weighted by molar-refractivity contribution is 14.0. The molecule has 9 heteroatoms. The van der Waals surface area contributed by atoms with Crippen LogP contribution >= 0.6 is 24.0 Å². The molecular formula is C21H35IN8. The Bertz CT molecular complexity index is 853. The molecule has 4 rings (SSSR count). The van der Waals surface area contributed by atoms with Crippen molar-refractivity contribution in [1.29, 1.82) is 0 Å². The van der Waals surface area contributed by atoms with Crippen molar-refractivity contribution in [3.8, 4) is 0 Å². The lowest BCUT2D eigenvalue weighted by Crippen LogP contribution is -2.46. The summed E-state index contributed by atoms with van der Waals surface area (Å²) in [5.74, 6) is 3.10. The van der Waals surface area contributed by atoms with E-state index in [9.17, 15) is 0 Å². The Morgan fingerprint density at radius 2 is 2.10 bits per heavy atom. The van der Waals surface area contributed by atoms with Gasteiger partial charge in [0.2, 0.25) is 0 Å². The zero-order valence-electron chi connectivity index (χ0n) is 18.4. The molecule has 2 N–H and O–H groups in total. The van der Waals surface area contributed by atoms with Crippen LogP contribution in [0.4, 0.5) is 0 Å². The van der Waals surface area contributed by atoms with E-state index >= 15 is 0 Å². The monoisotopic (exact) mass is 526 g/mol. The highest BCUT2D eigenvalue weighted by atomic mass is 127. The first-order valence-corrected chi connectivity index (χ1v) is 11.1. The van der Waals surface area contributed by atoms with Gasteiger partial charge in [-0.05, 0) is 45.1 Å². The third kappa shape index (κ3) is 5.33. The molecule has 0 amide bonds.